The maximum Gasteiger partial charge on any atom is 0.233 e. The van der Waals surface area contributed by atoms with Gasteiger partial charge in [-0.2, -0.15) is 5.10 Å². The number of aromatic amines is 1. The number of hydrogen-bond donors (Lipinski definition) is 3. The predicted molar refractivity (Wildman–Crippen MR) is 105 cm³/mol. The fraction of sp³-hybridized carbons (Fsp3) is 0.381. The zero-order valence-electron chi connectivity index (χ0n) is 15.8. The van der Waals surface area contributed by atoms with Gasteiger partial charge >= 0.3 is 0 Å². The fourth-order valence-corrected chi connectivity index (χ4v) is 4.29. The highest BCUT2D eigenvalue weighted by Crippen LogP contribution is 2.33. The summed E-state index contributed by atoms with van der Waals surface area (Å²) in [6.07, 6.45) is 5.49. The van der Waals surface area contributed by atoms with E-state index in [4.69, 9.17) is 4.74 Å². The first-order valence-electron chi connectivity index (χ1n) is 9.90. The molecule has 150 valence electrons. The Bertz CT molecular complexity index is 979. The third kappa shape index (κ3) is 3.55. The van der Waals surface area contributed by atoms with E-state index in [2.05, 4.69) is 25.7 Å². The molecule has 2 aliphatic heterocycles. The van der Waals surface area contributed by atoms with Gasteiger partial charge in [0.05, 0.1) is 11.9 Å². The van der Waals surface area contributed by atoms with Crippen molar-refractivity contribution in [3.05, 3.63) is 42.7 Å². The van der Waals surface area contributed by atoms with Crippen LogP contribution in [0.15, 0.2) is 42.7 Å². The first kappa shape index (κ1) is 18.1. The number of aromatic hydroxyl groups is 1. The zero-order valence-corrected chi connectivity index (χ0v) is 15.8. The van der Waals surface area contributed by atoms with Gasteiger partial charge in [0.2, 0.25) is 5.88 Å². The van der Waals surface area contributed by atoms with Gasteiger partial charge in [-0.1, -0.05) is 12.5 Å². The van der Waals surface area contributed by atoms with Gasteiger partial charge in [-0.3, -0.25) is 5.10 Å². The van der Waals surface area contributed by atoms with Gasteiger partial charge in [0.1, 0.15) is 11.9 Å². The van der Waals surface area contributed by atoms with Crippen LogP contribution in [0, 0.1) is 0 Å². The average molecular weight is 395 g/mol. The van der Waals surface area contributed by atoms with Crippen molar-refractivity contribution in [1.82, 2.24) is 25.7 Å². The second kappa shape index (κ2) is 7.44. The Balaban J connectivity index is 1.31. The largest absolute Gasteiger partial charge is 0.507 e. The zero-order chi connectivity index (χ0) is 19.8. The Labute approximate surface area is 167 Å². The average Bonchev–Trinajstić information content (AvgIpc) is 3.28. The van der Waals surface area contributed by atoms with Crippen molar-refractivity contribution < 1.29 is 14.2 Å². The number of piperidine rings is 2. The Morgan fingerprint density at radius 2 is 2.03 bits per heavy atom. The fourth-order valence-electron chi connectivity index (χ4n) is 4.29. The van der Waals surface area contributed by atoms with Crippen molar-refractivity contribution in [2.45, 2.75) is 50.0 Å². The van der Waals surface area contributed by atoms with Crippen molar-refractivity contribution in [3.63, 3.8) is 0 Å². The van der Waals surface area contributed by atoms with Gasteiger partial charge in [-0.05, 0) is 36.6 Å². The number of halogens is 1. The summed E-state index contributed by atoms with van der Waals surface area (Å²) < 4.78 is 20.5. The number of ether oxygens (including phenoxy) is 1. The van der Waals surface area contributed by atoms with Gasteiger partial charge in [0.25, 0.3) is 0 Å². The lowest BCUT2D eigenvalue weighted by Crippen LogP contribution is -2.59. The van der Waals surface area contributed by atoms with Crippen LogP contribution in [0.25, 0.3) is 22.4 Å². The lowest BCUT2D eigenvalue weighted by molar-refractivity contribution is 0.00652. The SMILES string of the molecule is Oc1cc(-c2cn[nH]c2)ccc1-c1ccc(O[C@@H]2C[C@H]3CCC[C@H](N3)[C@@H]2F)nn1. The quantitative estimate of drug-likeness (QED) is 0.628. The van der Waals surface area contributed by atoms with Crippen LogP contribution >= 0.6 is 0 Å². The molecule has 1 aromatic carbocycles. The molecule has 3 N–H and O–H groups in total. The maximum absolute atomic E-state index is 14.7. The minimum Gasteiger partial charge on any atom is -0.507 e. The molecular formula is C21H22FN5O2. The molecule has 8 heteroatoms. The molecule has 7 nitrogen and oxygen atoms in total. The number of fused-ring (bicyclic) bond motifs is 2. The molecular weight excluding hydrogens is 373 g/mol. The summed E-state index contributed by atoms with van der Waals surface area (Å²) in [4.78, 5) is 0. The molecule has 3 aromatic rings. The summed E-state index contributed by atoms with van der Waals surface area (Å²) in [6.45, 7) is 0. The van der Waals surface area contributed by atoms with E-state index in [1.807, 2.05) is 6.07 Å². The number of phenols is 1. The molecule has 2 aliphatic rings. The highest BCUT2D eigenvalue weighted by Gasteiger charge is 2.41. The van der Waals surface area contributed by atoms with Gasteiger partial charge < -0.3 is 15.2 Å². The molecule has 2 aromatic heterocycles. The van der Waals surface area contributed by atoms with E-state index in [0.717, 1.165) is 30.4 Å². The van der Waals surface area contributed by atoms with Crippen LogP contribution in [-0.4, -0.2) is 49.9 Å². The molecule has 0 saturated carbocycles. The molecule has 4 atom stereocenters. The normalized spacial score (nSPS) is 26.2. The lowest BCUT2D eigenvalue weighted by Gasteiger charge is -2.42. The van der Waals surface area contributed by atoms with Crippen molar-refractivity contribution in [3.8, 4) is 34.0 Å². The van der Waals surface area contributed by atoms with Gasteiger partial charge in [-0.25, -0.2) is 4.39 Å². The van der Waals surface area contributed by atoms with E-state index in [1.165, 1.54) is 0 Å². The van der Waals surface area contributed by atoms with E-state index in [-0.39, 0.29) is 11.8 Å². The van der Waals surface area contributed by atoms with Gasteiger partial charge in [0, 0.05) is 41.9 Å². The molecule has 0 spiro atoms. The monoisotopic (exact) mass is 395 g/mol. The Morgan fingerprint density at radius 3 is 2.79 bits per heavy atom. The number of benzene rings is 1. The minimum absolute atomic E-state index is 0.0988. The third-order valence-corrected chi connectivity index (χ3v) is 5.79. The number of rotatable bonds is 4. The predicted octanol–water partition coefficient (Wildman–Crippen LogP) is 3.24. The number of alkyl halides is 1. The summed E-state index contributed by atoms with van der Waals surface area (Å²) in [5.41, 5.74) is 2.82. The van der Waals surface area contributed by atoms with Gasteiger partial charge in [-0.15, -0.1) is 10.2 Å². The molecule has 5 rings (SSSR count). The van der Waals surface area contributed by atoms with Crippen LogP contribution < -0.4 is 10.1 Å². The summed E-state index contributed by atoms with van der Waals surface area (Å²) in [5.74, 6) is 0.401. The number of hydrogen-bond acceptors (Lipinski definition) is 6. The number of nitrogens with one attached hydrogen (secondary N) is 2. The first-order chi connectivity index (χ1) is 14.2. The van der Waals surface area contributed by atoms with Crippen LogP contribution in [0.1, 0.15) is 25.7 Å². The number of H-pyrrole nitrogens is 1. The van der Waals surface area contributed by atoms with Crippen molar-refractivity contribution >= 4 is 0 Å². The van der Waals surface area contributed by atoms with E-state index >= 15 is 0 Å². The Morgan fingerprint density at radius 1 is 1.10 bits per heavy atom. The highest BCUT2D eigenvalue weighted by molar-refractivity contribution is 5.73. The second-order valence-corrected chi connectivity index (χ2v) is 7.71. The summed E-state index contributed by atoms with van der Waals surface area (Å²) in [7, 11) is 0. The van der Waals surface area contributed by atoms with Crippen LogP contribution in [0.3, 0.4) is 0 Å². The van der Waals surface area contributed by atoms with Crippen LogP contribution in [0.4, 0.5) is 4.39 Å². The van der Waals surface area contributed by atoms with E-state index in [1.54, 1.807) is 36.7 Å². The highest BCUT2D eigenvalue weighted by atomic mass is 19.1. The number of aromatic nitrogens is 4. The number of nitrogens with zero attached hydrogens (tertiary/aromatic N) is 3. The van der Waals surface area contributed by atoms with Crippen molar-refractivity contribution in [2.75, 3.05) is 0 Å². The van der Waals surface area contributed by atoms with Crippen molar-refractivity contribution in [1.29, 1.82) is 0 Å². The Kier molecular flexibility index (Phi) is 4.63. The van der Waals surface area contributed by atoms with E-state index in [9.17, 15) is 9.50 Å². The third-order valence-electron chi connectivity index (χ3n) is 5.79. The molecule has 2 saturated heterocycles. The van der Waals surface area contributed by atoms with Gasteiger partial charge in [0.15, 0.2) is 6.17 Å². The minimum atomic E-state index is -1.05. The molecule has 2 bridgehead atoms. The molecule has 0 aliphatic carbocycles. The summed E-state index contributed by atoms with van der Waals surface area (Å²) in [6, 6.07) is 8.91. The summed E-state index contributed by atoms with van der Waals surface area (Å²) in [5, 5.41) is 28.7. The van der Waals surface area contributed by atoms with Crippen molar-refractivity contribution in [2.24, 2.45) is 0 Å². The molecule has 2 fully saturated rings. The second-order valence-electron chi connectivity index (χ2n) is 7.71. The van der Waals surface area contributed by atoms with Crippen LogP contribution in [0.2, 0.25) is 0 Å². The molecule has 0 radical (unpaired) electrons. The molecule has 0 unspecified atom stereocenters. The van der Waals surface area contributed by atoms with Crippen LogP contribution in [0.5, 0.6) is 11.6 Å². The molecule has 29 heavy (non-hydrogen) atoms. The summed E-state index contributed by atoms with van der Waals surface area (Å²) >= 11 is 0. The topological polar surface area (TPSA) is 96.0 Å². The lowest BCUT2D eigenvalue weighted by atomic mass is 9.84. The van der Waals surface area contributed by atoms with Crippen LogP contribution in [-0.2, 0) is 0 Å². The standard InChI is InChI=1S/C21H22FN5O2/c22-21-17-3-1-2-14(25-17)9-19(21)29-20-7-6-16(26-27-20)15-5-4-12(8-18(15)28)13-10-23-24-11-13/h4-8,10-11,14,17,19,21,25,28H,1-3,9H2,(H,23,24)/t14-,17+,19-,21+/m1/s1. The smallest absolute Gasteiger partial charge is 0.233 e. The molecule has 4 heterocycles. The maximum atomic E-state index is 14.7. The molecule has 0 amide bonds. The van der Waals surface area contributed by atoms with E-state index < -0.39 is 12.3 Å². The number of phenolic OH excluding ortho intramolecular Hbond substituents is 1. The first-order valence-corrected chi connectivity index (χ1v) is 9.90. The van der Waals surface area contributed by atoms with E-state index in [0.29, 0.717) is 29.6 Å². The Hall–Kier alpha value is -3.00.